The van der Waals surface area contributed by atoms with Gasteiger partial charge >= 0.3 is 0 Å². The zero-order valence-corrected chi connectivity index (χ0v) is 12.3. The molecule has 1 aromatic carbocycles. The van der Waals surface area contributed by atoms with Crippen molar-refractivity contribution in [1.82, 2.24) is 9.62 Å². The molecule has 19 heavy (non-hydrogen) atoms. The van der Waals surface area contributed by atoms with Crippen LogP contribution in [0, 0.1) is 0 Å². The van der Waals surface area contributed by atoms with Gasteiger partial charge in [0.15, 0.2) is 0 Å². The maximum Gasteiger partial charge on any atom is 0.214 e. The normalized spacial score (nSPS) is 14.5. The Morgan fingerprint density at radius 3 is 2.89 bits per heavy atom. The lowest BCUT2D eigenvalue weighted by molar-refractivity contribution is 0.517. The number of fused-ring (bicyclic) bond motifs is 1. The molecule has 0 aromatic heterocycles. The third kappa shape index (κ3) is 3.46. The molecule has 1 aliphatic heterocycles. The van der Waals surface area contributed by atoms with Crippen LogP contribution in [0.3, 0.4) is 0 Å². The van der Waals surface area contributed by atoms with Crippen molar-refractivity contribution in [2.45, 2.75) is 13.0 Å². The fourth-order valence-electron chi connectivity index (χ4n) is 2.16. The topological polar surface area (TPSA) is 61.4 Å². The quantitative estimate of drug-likeness (QED) is 0.752. The first kappa shape index (κ1) is 14.3. The number of hydrogen-bond acceptors (Lipinski definition) is 4. The van der Waals surface area contributed by atoms with Crippen molar-refractivity contribution in [3.8, 4) is 0 Å². The average molecular weight is 283 g/mol. The van der Waals surface area contributed by atoms with Crippen LogP contribution in [0.1, 0.15) is 11.1 Å². The number of benzene rings is 1. The predicted molar refractivity (Wildman–Crippen MR) is 77.8 cm³/mol. The first-order valence-corrected chi connectivity index (χ1v) is 8.07. The van der Waals surface area contributed by atoms with Gasteiger partial charge < -0.3 is 10.6 Å². The van der Waals surface area contributed by atoms with Crippen LogP contribution < -0.4 is 10.6 Å². The summed E-state index contributed by atoms with van der Waals surface area (Å²) in [7, 11) is 0.00879. The van der Waals surface area contributed by atoms with Gasteiger partial charge in [-0.3, -0.25) is 0 Å². The fraction of sp³-hybridized carbons (Fsp3) is 0.538. The van der Waals surface area contributed by atoms with Crippen molar-refractivity contribution in [2.24, 2.45) is 0 Å². The van der Waals surface area contributed by atoms with Gasteiger partial charge in [-0.15, -0.1) is 0 Å². The SMILES string of the molecule is CN(C)S(=O)(=O)CCNCc1cccc2c1NCC2. The molecule has 6 heteroatoms. The van der Waals surface area contributed by atoms with Crippen molar-refractivity contribution < 1.29 is 8.42 Å². The summed E-state index contributed by atoms with van der Waals surface area (Å²) < 4.78 is 24.5. The lowest BCUT2D eigenvalue weighted by Crippen LogP contribution is -2.31. The van der Waals surface area contributed by atoms with E-state index in [1.54, 1.807) is 14.1 Å². The van der Waals surface area contributed by atoms with E-state index in [1.807, 2.05) is 0 Å². The van der Waals surface area contributed by atoms with E-state index in [1.165, 1.54) is 21.1 Å². The van der Waals surface area contributed by atoms with E-state index in [0.717, 1.165) is 13.0 Å². The third-order valence-electron chi connectivity index (χ3n) is 3.34. The minimum atomic E-state index is -3.11. The number of sulfonamides is 1. The minimum absolute atomic E-state index is 0.127. The van der Waals surface area contributed by atoms with Gasteiger partial charge in [-0.05, 0) is 17.5 Å². The van der Waals surface area contributed by atoms with Crippen LogP contribution in [0.25, 0.3) is 0 Å². The third-order valence-corrected chi connectivity index (χ3v) is 5.17. The highest BCUT2D eigenvalue weighted by molar-refractivity contribution is 7.89. The molecule has 5 nitrogen and oxygen atoms in total. The van der Waals surface area contributed by atoms with Crippen LogP contribution in [0.15, 0.2) is 18.2 Å². The van der Waals surface area contributed by atoms with Gasteiger partial charge in [0.2, 0.25) is 10.0 Å². The number of hydrogen-bond donors (Lipinski definition) is 2. The fourth-order valence-corrected chi connectivity index (χ4v) is 2.93. The first-order chi connectivity index (χ1) is 9.00. The molecule has 1 heterocycles. The van der Waals surface area contributed by atoms with Crippen molar-refractivity contribution >= 4 is 15.7 Å². The molecule has 0 saturated carbocycles. The highest BCUT2D eigenvalue weighted by atomic mass is 32.2. The lowest BCUT2D eigenvalue weighted by Gasteiger charge is -2.13. The Balaban J connectivity index is 1.86. The van der Waals surface area contributed by atoms with Gasteiger partial charge in [-0.2, -0.15) is 0 Å². The molecule has 0 spiro atoms. The second-order valence-electron chi connectivity index (χ2n) is 4.90. The highest BCUT2D eigenvalue weighted by Gasteiger charge is 2.14. The van der Waals surface area contributed by atoms with Crippen LogP contribution in [0.2, 0.25) is 0 Å². The summed E-state index contributed by atoms with van der Waals surface area (Å²) in [5.74, 6) is 0.127. The summed E-state index contributed by atoms with van der Waals surface area (Å²) in [6, 6.07) is 6.26. The predicted octanol–water partition coefficient (Wildman–Crippen LogP) is 0.636. The molecular formula is C13H21N3O2S. The number of nitrogens with zero attached hydrogens (tertiary/aromatic N) is 1. The Labute approximate surface area is 115 Å². The van der Waals surface area contributed by atoms with E-state index in [9.17, 15) is 8.42 Å². The van der Waals surface area contributed by atoms with Gasteiger partial charge in [0.05, 0.1) is 5.75 Å². The van der Waals surface area contributed by atoms with Gasteiger partial charge in [-0.1, -0.05) is 18.2 Å². The maximum absolute atomic E-state index is 11.6. The van der Waals surface area contributed by atoms with Crippen LogP contribution in [-0.2, 0) is 23.0 Å². The van der Waals surface area contributed by atoms with Crippen molar-refractivity contribution in [3.05, 3.63) is 29.3 Å². The summed E-state index contributed by atoms with van der Waals surface area (Å²) in [6.07, 6.45) is 1.07. The molecule has 0 saturated heterocycles. The maximum atomic E-state index is 11.6. The molecule has 0 radical (unpaired) electrons. The molecule has 1 aromatic rings. The molecule has 0 fully saturated rings. The molecule has 2 N–H and O–H groups in total. The second kappa shape index (κ2) is 5.90. The summed E-state index contributed by atoms with van der Waals surface area (Å²) >= 11 is 0. The summed E-state index contributed by atoms with van der Waals surface area (Å²) in [4.78, 5) is 0. The zero-order valence-electron chi connectivity index (χ0n) is 11.4. The van der Waals surface area contributed by atoms with Crippen molar-refractivity contribution in [2.75, 3.05) is 38.3 Å². The van der Waals surface area contributed by atoms with Crippen LogP contribution in [0.4, 0.5) is 5.69 Å². The lowest BCUT2D eigenvalue weighted by atomic mass is 10.1. The Bertz CT molecular complexity index is 541. The molecule has 2 rings (SSSR count). The van der Waals surface area contributed by atoms with Crippen LogP contribution in [0.5, 0.6) is 0 Å². The molecule has 0 bridgehead atoms. The largest absolute Gasteiger partial charge is 0.384 e. The van der Waals surface area contributed by atoms with E-state index in [-0.39, 0.29) is 5.75 Å². The van der Waals surface area contributed by atoms with Crippen molar-refractivity contribution in [3.63, 3.8) is 0 Å². The van der Waals surface area contributed by atoms with Crippen LogP contribution >= 0.6 is 0 Å². The monoisotopic (exact) mass is 283 g/mol. The Morgan fingerprint density at radius 2 is 2.16 bits per heavy atom. The van der Waals surface area contributed by atoms with E-state index < -0.39 is 10.0 Å². The highest BCUT2D eigenvalue weighted by Crippen LogP contribution is 2.25. The Morgan fingerprint density at radius 1 is 1.37 bits per heavy atom. The Kier molecular flexibility index (Phi) is 4.44. The molecule has 0 aliphatic carbocycles. The average Bonchev–Trinajstić information content (AvgIpc) is 2.83. The van der Waals surface area contributed by atoms with Gasteiger partial charge in [0.1, 0.15) is 0 Å². The number of nitrogens with one attached hydrogen (secondary N) is 2. The number of rotatable bonds is 6. The molecular weight excluding hydrogens is 262 g/mol. The summed E-state index contributed by atoms with van der Waals surface area (Å²) in [6.45, 7) is 2.14. The van der Waals surface area contributed by atoms with Gasteiger partial charge in [0, 0.05) is 39.4 Å². The molecule has 0 amide bonds. The zero-order chi connectivity index (χ0) is 13.9. The Hall–Kier alpha value is -1.11. The summed E-state index contributed by atoms with van der Waals surface area (Å²) in [5, 5.41) is 6.57. The van der Waals surface area contributed by atoms with Crippen LogP contribution in [-0.4, -0.2) is 45.7 Å². The summed E-state index contributed by atoms with van der Waals surface area (Å²) in [5.41, 5.74) is 3.77. The standard InChI is InChI=1S/C13H21N3O2S/c1-16(2)19(17,18)9-8-14-10-12-5-3-4-11-6-7-15-13(11)12/h3-5,14-15H,6-10H2,1-2H3. The van der Waals surface area contributed by atoms with E-state index >= 15 is 0 Å². The minimum Gasteiger partial charge on any atom is -0.384 e. The number of anilines is 1. The number of para-hydroxylation sites is 1. The van der Waals surface area contributed by atoms with E-state index in [4.69, 9.17) is 0 Å². The molecule has 0 atom stereocenters. The molecule has 1 aliphatic rings. The van der Waals surface area contributed by atoms with Gasteiger partial charge in [-0.25, -0.2) is 12.7 Å². The van der Waals surface area contributed by atoms with E-state index in [0.29, 0.717) is 13.1 Å². The van der Waals surface area contributed by atoms with E-state index in [2.05, 4.69) is 28.8 Å². The molecule has 106 valence electrons. The first-order valence-electron chi connectivity index (χ1n) is 6.46. The smallest absolute Gasteiger partial charge is 0.214 e. The second-order valence-corrected chi connectivity index (χ2v) is 7.21. The van der Waals surface area contributed by atoms with Crippen molar-refractivity contribution in [1.29, 1.82) is 0 Å². The van der Waals surface area contributed by atoms with Gasteiger partial charge in [0.25, 0.3) is 0 Å². The molecule has 0 unspecified atom stereocenters.